The average Bonchev–Trinajstić information content (AvgIpc) is 2.44. The topological polar surface area (TPSA) is 44.1 Å². The maximum absolute atomic E-state index is 12.9. The van der Waals surface area contributed by atoms with Gasteiger partial charge in [0.25, 0.3) is 0 Å². The van der Waals surface area contributed by atoms with Gasteiger partial charge in [-0.1, -0.05) is 13.8 Å². The van der Waals surface area contributed by atoms with Gasteiger partial charge in [0.15, 0.2) is 0 Å². The van der Waals surface area contributed by atoms with Crippen LogP contribution in [0, 0.1) is 22.6 Å². The van der Waals surface area contributed by atoms with Crippen molar-refractivity contribution in [2.45, 2.75) is 33.6 Å². The minimum absolute atomic E-state index is 0.214. The van der Waals surface area contributed by atoms with Crippen molar-refractivity contribution in [3.8, 4) is 6.07 Å². The molecule has 0 bridgehead atoms. The highest BCUT2D eigenvalue weighted by atomic mass is 19.1. The minimum Gasteiger partial charge on any atom is -0.311 e. The van der Waals surface area contributed by atoms with Crippen molar-refractivity contribution in [3.63, 3.8) is 0 Å². The molecule has 0 atom stereocenters. The number of nitriles is 1. The van der Waals surface area contributed by atoms with Gasteiger partial charge in [-0.2, -0.15) is 5.26 Å². The predicted molar refractivity (Wildman–Crippen MR) is 73.1 cm³/mol. The molecular weight excluding hydrogens is 243 g/mol. The molecule has 0 radical (unpaired) electrons. The lowest BCUT2D eigenvalue weighted by Crippen LogP contribution is -2.43. The number of anilines is 1. The molecule has 0 saturated carbocycles. The summed E-state index contributed by atoms with van der Waals surface area (Å²) in [5.74, 6) is -0.557. The Kier molecular flexibility index (Phi) is 5.05. The zero-order valence-corrected chi connectivity index (χ0v) is 11.6. The Morgan fingerprint density at radius 2 is 1.79 bits per heavy atom. The fraction of sp³-hybridized carbons (Fsp3) is 0.467. The number of rotatable bonds is 5. The lowest BCUT2D eigenvalue weighted by Gasteiger charge is -2.30. The number of nitrogens with zero attached hydrogens (tertiary/aromatic N) is 2. The van der Waals surface area contributed by atoms with Crippen LogP contribution in [-0.4, -0.2) is 12.5 Å². The minimum atomic E-state index is -0.996. The van der Waals surface area contributed by atoms with Crippen LogP contribution in [0.5, 0.6) is 0 Å². The van der Waals surface area contributed by atoms with Crippen LogP contribution in [0.1, 0.15) is 33.6 Å². The summed E-state index contributed by atoms with van der Waals surface area (Å²) in [6, 6.07) is 7.90. The van der Waals surface area contributed by atoms with Gasteiger partial charge in [0.05, 0.1) is 6.07 Å². The van der Waals surface area contributed by atoms with Crippen LogP contribution in [0.3, 0.4) is 0 Å². The Labute approximate surface area is 113 Å². The van der Waals surface area contributed by atoms with Gasteiger partial charge < -0.3 is 4.90 Å². The first kappa shape index (κ1) is 15.2. The van der Waals surface area contributed by atoms with Gasteiger partial charge in [0.1, 0.15) is 11.2 Å². The quantitative estimate of drug-likeness (QED) is 0.815. The van der Waals surface area contributed by atoms with Crippen molar-refractivity contribution >= 4 is 11.6 Å². The van der Waals surface area contributed by atoms with Crippen molar-refractivity contribution in [2.24, 2.45) is 5.41 Å². The molecule has 19 heavy (non-hydrogen) atoms. The van der Waals surface area contributed by atoms with Crippen LogP contribution in [0.2, 0.25) is 0 Å². The van der Waals surface area contributed by atoms with E-state index in [4.69, 9.17) is 0 Å². The molecule has 0 heterocycles. The molecule has 0 spiro atoms. The lowest BCUT2D eigenvalue weighted by molar-refractivity contribution is -0.125. The Hall–Kier alpha value is -1.89. The maximum Gasteiger partial charge on any atom is 0.247 e. The number of halogens is 1. The number of hydrogen-bond donors (Lipinski definition) is 0. The van der Waals surface area contributed by atoms with E-state index >= 15 is 0 Å². The fourth-order valence-electron chi connectivity index (χ4n) is 2.08. The van der Waals surface area contributed by atoms with E-state index in [1.807, 2.05) is 20.8 Å². The molecule has 0 aliphatic rings. The predicted octanol–water partition coefficient (Wildman–Crippen LogP) is 3.51. The molecular formula is C15H19FN2O. The third-order valence-corrected chi connectivity index (χ3v) is 3.53. The molecule has 0 aliphatic carbocycles. The molecule has 1 amide bonds. The highest BCUT2D eigenvalue weighted by Gasteiger charge is 2.38. The van der Waals surface area contributed by atoms with E-state index in [2.05, 4.69) is 6.07 Å². The Bertz CT molecular complexity index is 472. The summed E-state index contributed by atoms with van der Waals surface area (Å²) in [7, 11) is 0. The van der Waals surface area contributed by atoms with E-state index in [0.29, 0.717) is 25.1 Å². The first-order valence-electron chi connectivity index (χ1n) is 6.53. The molecule has 3 nitrogen and oxygen atoms in total. The third kappa shape index (κ3) is 2.93. The number of amides is 1. The smallest absolute Gasteiger partial charge is 0.247 e. The summed E-state index contributed by atoms with van der Waals surface area (Å²) >= 11 is 0. The molecule has 0 aromatic heterocycles. The second kappa shape index (κ2) is 6.33. The van der Waals surface area contributed by atoms with E-state index in [0.717, 1.165) is 0 Å². The summed E-state index contributed by atoms with van der Waals surface area (Å²) < 4.78 is 12.9. The highest BCUT2D eigenvalue weighted by Crippen LogP contribution is 2.30. The normalized spacial score (nSPS) is 10.9. The summed E-state index contributed by atoms with van der Waals surface area (Å²) in [4.78, 5) is 14.1. The molecule has 1 aromatic carbocycles. The Balaban J connectivity index is 3.13. The van der Waals surface area contributed by atoms with Crippen LogP contribution >= 0.6 is 0 Å². The second-order valence-corrected chi connectivity index (χ2v) is 4.43. The first-order valence-corrected chi connectivity index (χ1v) is 6.53. The zero-order chi connectivity index (χ0) is 14.5. The van der Waals surface area contributed by atoms with E-state index in [-0.39, 0.29) is 11.7 Å². The van der Waals surface area contributed by atoms with Crippen LogP contribution in [0.25, 0.3) is 0 Å². The Morgan fingerprint density at radius 3 is 2.16 bits per heavy atom. The van der Waals surface area contributed by atoms with Crippen LogP contribution < -0.4 is 4.90 Å². The van der Waals surface area contributed by atoms with E-state index in [1.54, 1.807) is 12.1 Å². The highest BCUT2D eigenvalue weighted by molar-refractivity contribution is 5.99. The van der Waals surface area contributed by atoms with Crippen molar-refractivity contribution in [1.82, 2.24) is 0 Å². The van der Waals surface area contributed by atoms with E-state index < -0.39 is 5.41 Å². The fourth-order valence-corrected chi connectivity index (χ4v) is 2.08. The molecule has 102 valence electrons. The summed E-state index contributed by atoms with van der Waals surface area (Å²) in [6.45, 7) is 5.97. The van der Waals surface area contributed by atoms with Crippen molar-refractivity contribution in [1.29, 1.82) is 5.26 Å². The summed E-state index contributed by atoms with van der Waals surface area (Å²) in [5, 5.41) is 9.32. The number of benzene rings is 1. The molecule has 1 rings (SSSR count). The molecule has 1 aromatic rings. The second-order valence-electron chi connectivity index (χ2n) is 4.43. The lowest BCUT2D eigenvalue weighted by atomic mass is 9.82. The van der Waals surface area contributed by atoms with Gasteiger partial charge in [-0.15, -0.1) is 0 Å². The van der Waals surface area contributed by atoms with Gasteiger partial charge in [-0.25, -0.2) is 4.39 Å². The molecule has 4 heteroatoms. The first-order chi connectivity index (χ1) is 9.04. The SMILES string of the molecule is CCN(C(=O)C(C#N)(CC)CC)c1ccc(F)cc1. The van der Waals surface area contributed by atoms with Gasteiger partial charge in [0.2, 0.25) is 5.91 Å². The zero-order valence-electron chi connectivity index (χ0n) is 11.6. The molecule has 0 unspecified atom stereocenters. The largest absolute Gasteiger partial charge is 0.311 e. The molecule has 0 fully saturated rings. The van der Waals surface area contributed by atoms with Crippen molar-refractivity contribution < 1.29 is 9.18 Å². The number of carbonyl (C=O) groups is 1. The standard InChI is InChI=1S/C15H19FN2O/c1-4-15(5-2,11-17)14(19)18(6-3)13-9-7-12(16)8-10-13/h7-10H,4-6H2,1-3H3. The number of carbonyl (C=O) groups excluding carboxylic acids is 1. The maximum atomic E-state index is 12.9. The summed E-state index contributed by atoms with van der Waals surface area (Å²) in [6.07, 6.45) is 0.938. The third-order valence-electron chi connectivity index (χ3n) is 3.53. The Morgan fingerprint density at radius 1 is 1.26 bits per heavy atom. The molecule has 0 aliphatic heterocycles. The average molecular weight is 262 g/mol. The van der Waals surface area contributed by atoms with Gasteiger partial charge in [-0.3, -0.25) is 4.79 Å². The van der Waals surface area contributed by atoms with Gasteiger partial charge in [0, 0.05) is 12.2 Å². The molecule has 0 N–H and O–H groups in total. The van der Waals surface area contributed by atoms with Crippen LogP contribution in [0.4, 0.5) is 10.1 Å². The van der Waals surface area contributed by atoms with Gasteiger partial charge >= 0.3 is 0 Å². The van der Waals surface area contributed by atoms with Crippen molar-refractivity contribution in [2.75, 3.05) is 11.4 Å². The van der Waals surface area contributed by atoms with Crippen molar-refractivity contribution in [3.05, 3.63) is 30.1 Å². The van der Waals surface area contributed by atoms with E-state index in [9.17, 15) is 14.4 Å². The number of hydrogen-bond acceptors (Lipinski definition) is 2. The molecule has 0 saturated heterocycles. The van der Waals surface area contributed by atoms with E-state index in [1.165, 1.54) is 17.0 Å². The van der Waals surface area contributed by atoms with Gasteiger partial charge in [-0.05, 0) is 44.0 Å². The summed E-state index contributed by atoms with van der Waals surface area (Å²) in [5.41, 5.74) is -0.375. The monoisotopic (exact) mass is 262 g/mol. The van der Waals surface area contributed by atoms with Crippen LogP contribution in [0.15, 0.2) is 24.3 Å². The van der Waals surface area contributed by atoms with Crippen LogP contribution in [-0.2, 0) is 4.79 Å².